The molecule has 3 aromatic rings. The number of unbranched alkanes of at least 4 members (excludes halogenated alkanes) is 4. The Labute approximate surface area is 244 Å². The zero-order valence-corrected chi connectivity index (χ0v) is 25.5. The molecule has 0 bridgehead atoms. The topological polar surface area (TPSA) is 19.4 Å². The van der Waals surface area contributed by atoms with Gasteiger partial charge in [0.15, 0.2) is 0 Å². The van der Waals surface area contributed by atoms with Crippen LogP contribution in [0.4, 0.5) is 11.4 Å². The molecule has 0 saturated carbocycles. The maximum atomic E-state index is 4.84. The highest BCUT2D eigenvalue weighted by Gasteiger charge is 2.06. The van der Waals surface area contributed by atoms with Gasteiger partial charge in [0.25, 0.3) is 0 Å². The predicted octanol–water partition coefficient (Wildman–Crippen LogP) is 10.2. The molecule has 0 spiro atoms. The third kappa shape index (κ3) is 10.7. The van der Waals surface area contributed by atoms with Crippen molar-refractivity contribution in [2.75, 3.05) is 36.0 Å². The molecule has 0 aliphatic heterocycles. The van der Waals surface area contributed by atoms with E-state index in [1.807, 2.05) is 0 Å². The lowest BCUT2D eigenvalue weighted by Gasteiger charge is -2.24. The SMILES string of the molecule is CCCCN(CCCC)c1ccc(/C=C/c2cccc(/C=C/c3ccc(N(CCCC)CCCC)cc3)n2)cc1. The second-order valence-corrected chi connectivity index (χ2v) is 10.7. The van der Waals surface area contributed by atoms with Gasteiger partial charge in [0.1, 0.15) is 0 Å². The van der Waals surface area contributed by atoms with Gasteiger partial charge in [0, 0.05) is 37.6 Å². The van der Waals surface area contributed by atoms with Gasteiger partial charge in [-0.1, -0.05) is 95.9 Å². The third-order valence-electron chi connectivity index (χ3n) is 7.33. The second-order valence-electron chi connectivity index (χ2n) is 10.7. The van der Waals surface area contributed by atoms with Gasteiger partial charge in [-0.25, -0.2) is 4.98 Å². The molecule has 0 saturated heterocycles. The van der Waals surface area contributed by atoms with E-state index in [-0.39, 0.29) is 0 Å². The van der Waals surface area contributed by atoms with Crippen LogP contribution in [0.1, 0.15) is 102 Å². The summed E-state index contributed by atoms with van der Waals surface area (Å²) in [5.41, 5.74) is 6.99. The van der Waals surface area contributed by atoms with Crippen LogP contribution in [0, 0.1) is 0 Å². The summed E-state index contributed by atoms with van der Waals surface area (Å²) in [4.78, 5) is 9.90. The van der Waals surface area contributed by atoms with E-state index in [0.717, 1.165) is 37.6 Å². The fraction of sp³-hybridized carbons (Fsp3) is 0.432. The summed E-state index contributed by atoms with van der Waals surface area (Å²) in [6.45, 7) is 13.6. The van der Waals surface area contributed by atoms with Crippen LogP contribution in [0.5, 0.6) is 0 Å². The fourth-order valence-corrected chi connectivity index (χ4v) is 4.75. The summed E-state index contributed by atoms with van der Waals surface area (Å²) in [7, 11) is 0. The van der Waals surface area contributed by atoms with Crippen molar-refractivity contribution < 1.29 is 0 Å². The molecule has 0 N–H and O–H groups in total. The number of benzene rings is 2. The Morgan fingerprint density at radius 1 is 0.475 bits per heavy atom. The van der Waals surface area contributed by atoms with Crippen molar-refractivity contribution in [3.05, 3.63) is 89.2 Å². The van der Waals surface area contributed by atoms with Gasteiger partial charge in [-0.05, 0) is 85.4 Å². The molecule has 1 heterocycles. The highest BCUT2D eigenvalue weighted by Crippen LogP contribution is 2.20. The van der Waals surface area contributed by atoms with E-state index in [1.165, 1.54) is 73.9 Å². The van der Waals surface area contributed by atoms with Crippen molar-refractivity contribution in [2.45, 2.75) is 79.1 Å². The Morgan fingerprint density at radius 2 is 0.825 bits per heavy atom. The average Bonchev–Trinajstić information content (AvgIpc) is 3.00. The minimum atomic E-state index is 0.969. The molecular formula is C37H51N3. The number of nitrogens with zero attached hydrogens (tertiary/aromatic N) is 3. The van der Waals surface area contributed by atoms with Gasteiger partial charge in [0.2, 0.25) is 0 Å². The molecule has 0 fully saturated rings. The standard InChI is InChI=1S/C37H51N3/c1-5-9-28-39(29-10-6-2)36-24-18-32(19-25-36)16-22-34-14-13-15-35(38-34)23-17-33-20-26-37(27-21-33)40(30-11-7-3)31-12-8-4/h13-27H,5-12,28-31H2,1-4H3/b22-16+,23-17+. The van der Waals surface area contributed by atoms with Crippen LogP contribution in [0.2, 0.25) is 0 Å². The van der Waals surface area contributed by atoms with E-state index in [0.29, 0.717) is 0 Å². The Bertz CT molecular complexity index is 1040. The third-order valence-corrected chi connectivity index (χ3v) is 7.33. The van der Waals surface area contributed by atoms with Gasteiger partial charge < -0.3 is 9.80 Å². The summed E-state index contributed by atoms with van der Waals surface area (Å²) in [5, 5.41) is 0. The zero-order chi connectivity index (χ0) is 28.4. The first-order chi connectivity index (χ1) is 19.7. The first-order valence-electron chi connectivity index (χ1n) is 15.7. The van der Waals surface area contributed by atoms with Crippen LogP contribution in [0.25, 0.3) is 24.3 Å². The lowest BCUT2D eigenvalue weighted by atomic mass is 10.1. The number of aromatic nitrogens is 1. The highest BCUT2D eigenvalue weighted by molar-refractivity contribution is 5.72. The highest BCUT2D eigenvalue weighted by atomic mass is 15.1. The van der Waals surface area contributed by atoms with E-state index < -0.39 is 0 Å². The number of anilines is 2. The largest absolute Gasteiger partial charge is 0.372 e. The minimum Gasteiger partial charge on any atom is -0.372 e. The van der Waals surface area contributed by atoms with E-state index in [9.17, 15) is 0 Å². The second kappa shape index (κ2) is 18.1. The van der Waals surface area contributed by atoms with E-state index in [2.05, 4.69) is 129 Å². The average molecular weight is 538 g/mol. The monoisotopic (exact) mass is 537 g/mol. The molecule has 0 radical (unpaired) electrons. The van der Waals surface area contributed by atoms with Crippen molar-refractivity contribution in [3.63, 3.8) is 0 Å². The van der Waals surface area contributed by atoms with Gasteiger partial charge in [-0.3, -0.25) is 0 Å². The molecule has 0 aliphatic rings. The molecule has 2 aromatic carbocycles. The van der Waals surface area contributed by atoms with Crippen LogP contribution in [-0.2, 0) is 0 Å². The van der Waals surface area contributed by atoms with Crippen molar-refractivity contribution in [2.24, 2.45) is 0 Å². The van der Waals surface area contributed by atoms with E-state index in [4.69, 9.17) is 4.98 Å². The maximum Gasteiger partial charge on any atom is 0.0637 e. The molecule has 0 aliphatic carbocycles. The molecule has 3 heteroatoms. The normalized spacial score (nSPS) is 11.5. The maximum absolute atomic E-state index is 4.84. The lowest BCUT2D eigenvalue weighted by molar-refractivity contribution is 0.678. The Hall–Kier alpha value is -3.33. The van der Waals surface area contributed by atoms with Gasteiger partial charge >= 0.3 is 0 Å². The van der Waals surface area contributed by atoms with Crippen molar-refractivity contribution in [1.29, 1.82) is 0 Å². The molecule has 1 aromatic heterocycles. The summed E-state index contributed by atoms with van der Waals surface area (Å²) in [6, 6.07) is 24.1. The smallest absolute Gasteiger partial charge is 0.0637 e. The van der Waals surface area contributed by atoms with Crippen LogP contribution in [-0.4, -0.2) is 31.2 Å². The van der Waals surface area contributed by atoms with Crippen LogP contribution in [0.3, 0.4) is 0 Å². The number of pyridine rings is 1. The summed E-state index contributed by atoms with van der Waals surface area (Å²) in [5.74, 6) is 0. The van der Waals surface area contributed by atoms with Gasteiger partial charge in [-0.2, -0.15) is 0 Å². The quantitative estimate of drug-likeness (QED) is 0.161. The lowest BCUT2D eigenvalue weighted by Crippen LogP contribution is -2.25. The summed E-state index contributed by atoms with van der Waals surface area (Å²) < 4.78 is 0. The van der Waals surface area contributed by atoms with E-state index in [1.54, 1.807) is 0 Å². The first kappa shape index (κ1) is 31.2. The van der Waals surface area contributed by atoms with Gasteiger partial charge in [-0.15, -0.1) is 0 Å². The Kier molecular flexibility index (Phi) is 14.1. The molecule has 0 amide bonds. The molecular weight excluding hydrogens is 486 g/mol. The van der Waals surface area contributed by atoms with Crippen LogP contribution >= 0.6 is 0 Å². The number of hydrogen-bond acceptors (Lipinski definition) is 3. The molecule has 3 rings (SSSR count). The number of hydrogen-bond donors (Lipinski definition) is 0. The van der Waals surface area contributed by atoms with Gasteiger partial charge in [0.05, 0.1) is 11.4 Å². The predicted molar refractivity (Wildman–Crippen MR) is 179 cm³/mol. The van der Waals surface area contributed by atoms with Crippen molar-refractivity contribution >= 4 is 35.7 Å². The number of rotatable bonds is 18. The molecule has 0 atom stereocenters. The molecule has 214 valence electrons. The zero-order valence-electron chi connectivity index (χ0n) is 25.5. The van der Waals surface area contributed by atoms with Crippen molar-refractivity contribution in [3.8, 4) is 0 Å². The van der Waals surface area contributed by atoms with E-state index >= 15 is 0 Å². The first-order valence-corrected chi connectivity index (χ1v) is 15.7. The molecule has 3 nitrogen and oxygen atoms in total. The summed E-state index contributed by atoms with van der Waals surface area (Å²) in [6.07, 6.45) is 18.4. The summed E-state index contributed by atoms with van der Waals surface area (Å²) >= 11 is 0. The fourth-order valence-electron chi connectivity index (χ4n) is 4.75. The Morgan fingerprint density at radius 3 is 1.15 bits per heavy atom. The van der Waals surface area contributed by atoms with Crippen LogP contribution in [0.15, 0.2) is 66.7 Å². The van der Waals surface area contributed by atoms with Crippen molar-refractivity contribution in [1.82, 2.24) is 4.98 Å². The minimum absolute atomic E-state index is 0.969. The molecule has 0 unspecified atom stereocenters. The van der Waals surface area contributed by atoms with Crippen LogP contribution < -0.4 is 9.80 Å². The Balaban J connectivity index is 1.62. The molecule has 40 heavy (non-hydrogen) atoms.